The average Bonchev–Trinajstić information content (AvgIpc) is 3.27. The van der Waals surface area contributed by atoms with Crippen LogP contribution in [0.15, 0.2) is 40.1 Å². The van der Waals surface area contributed by atoms with Gasteiger partial charge < -0.3 is 15.2 Å². The normalized spacial score (nSPS) is 12.1. The maximum absolute atomic E-state index is 12.3. The van der Waals surface area contributed by atoms with Crippen LogP contribution in [0.4, 0.5) is 19.0 Å². The number of anilines is 1. The number of nitrogens with zero attached hydrogens (tertiary/aromatic N) is 3. The lowest BCUT2D eigenvalue weighted by atomic mass is 10.2. The smallest absolute Gasteiger partial charge is 0.480 e. The molecule has 2 aromatic heterocycles. The lowest BCUT2D eigenvalue weighted by Gasteiger charge is -2.15. The maximum atomic E-state index is 12.3. The van der Waals surface area contributed by atoms with Gasteiger partial charge in [-0.25, -0.2) is 9.67 Å². The van der Waals surface area contributed by atoms with Gasteiger partial charge in [0, 0.05) is 24.4 Å². The number of nitrogens with one attached hydrogen (secondary N) is 1. The number of hydrogen-bond donors (Lipinski definition) is 2. The number of benzene rings is 1. The van der Waals surface area contributed by atoms with Gasteiger partial charge in [0.15, 0.2) is 4.34 Å². The van der Waals surface area contributed by atoms with Crippen molar-refractivity contribution < 1.29 is 27.8 Å². The minimum atomic E-state index is -4.74. The van der Waals surface area contributed by atoms with Crippen LogP contribution in [0.2, 0.25) is 0 Å². The lowest BCUT2D eigenvalue weighted by Crippen LogP contribution is -2.26. The second kappa shape index (κ2) is 9.41. The first-order valence-corrected chi connectivity index (χ1v) is 11.2. The number of aliphatic carboxylic acids is 1. The first-order chi connectivity index (χ1) is 14.9. The number of carbonyl (C=O) groups is 1. The Labute approximate surface area is 190 Å². The van der Waals surface area contributed by atoms with Gasteiger partial charge in [-0.2, -0.15) is 5.10 Å². The highest BCUT2D eigenvalue weighted by molar-refractivity contribution is 8.02. The van der Waals surface area contributed by atoms with E-state index in [1.165, 1.54) is 47.4 Å². The zero-order valence-corrected chi connectivity index (χ0v) is 19.1. The SMILES string of the molecule is Cc1cc(NCCc2csc(SC(C)(C)C(=O)O)n2)n(-c2ccc(OC(F)(F)F)cc2)n1. The summed E-state index contributed by atoms with van der Waals surface area (Å²) in [5.74, 6) is -0.519. The van der Waals surface area contributed by atoms with Crippen molar-refractivity contribution in [1.82, 2.24) is 14.8 Å². The van der Waals surface area contributed by atoms with E-state index in [-0.39, 0.29) is 5.75 Å². The summed E-state index contributed by atoms with van der Waals surface area (Å²) in [6, 6.07) is 7.28. The molecule has 0 aliphatic carbocycles. The molecule has 0 saturated heterocycles. The van der Waals surface area contributed by atoms with Crippen molar-refractivity contribution in [2.45, 2.75) is 42.6 Å². The highest BCUT2D eigenvalue weighted by Gasteiger charge is 2.31. The summed E-state index contributed by atoms with van der Waals surface area (Å²) in [4.78, 5) is 15.8. The van der Waals surface area contributed by atoms with Crippen molar-refractivity contribution in [1.29, 1.82) is 0 Å². The van der Waals surface area contributed by atoms with Crippen molar-refractivity contribution in [3.05, 3.63) is 47.1 Å². The Hall–Kier alpha value is -2.73. The lowest BCUT2D eigenvalue weighted by molar-refractivity contribution is -0.274. The van der Waals surface area contributed by atoms with E-state index >= 15 is 0 Å². The molecule has 3 rings (SSSR count). The third-order valence-corrected chi connectivity index (χ3v) is 6.39. The maximum Gasteiger partial charge on any atom is 0.573 e. The summed E-state index contributed by atoms with van der Waals surface area (Å²) in [5, 5.41) is 18.8. The standard InChI is InChI=1S/C20H21F3N4O3S2/c1-12-10-16(27(26-12)14-4-6-15(7-5-14)30-20(21,22)23)24-9-8-13-11-31-18(25-13)32-19(2,3)17(28)29/h4-7,10-11,24H,8-9H2,1-3H3,(H,28,29). The quantitative estimate of drug-likeness (QED) is 0.405. The molecular weight excluding hydrogens is 465 g/mol. The van der Waals surface area contributed by atoms with Gasteiger partial charge in [0.2, 0.25) is 0 Å². The molecule has 172 valence electrons. The number of thioether (sulfide) groups is 1. The molecule has 2 heterocycles. The fraction of sp³-hybridized carbons (Fsp3) is 0.350. The summed E-state index contributed by atoms with van der Waals surface area (Å²) in [5.41, 5.74) is 2.16. The number of thiazole rings is 1. The van der Waals surface area contributed by atoms with Crippen LogP contribution in [-0.4, -0.2) is 43.5 Å². The number of rotatable bonds is 9. The van der Waals surface area contributed by atoms with Crippen molar-refractivity contribution in [2.75, 3.05) is 11.9 Å². The van der Waals surface area contributed by atoms with Crippen LogP contribution in [0.1, 0.15) is 25.2 Å². The molecule has 0 saturated carbocycles. The van der Waals surface area contributed by atoms with Crippen molar-refractivity contribution >= 4 is 34.9 Å². The van der Waals surface area contributed by atoms with E-state index in [4.69, 9.17) is 0 Å². The summed E-state index contributed by atoms with van der Waals surface area (Å²) in [7, 11) is 0. The van der Waals surface area contributed by atoms with Gasteiger partial charge in [-0.05, 0) is 45.0 Å². The number of alkyl halides is 3. The predicted molar refractivity (Wildman–Crippen MR) is 117 cm³/mol. The summed E-state index contributed by atoms with van der Waals surface area (Å²) in [6.07, 6.45) is -4.14. The molecule has 0 unspecified atom stereocenters. The Morgan fingerprint density at radius 2 is 1.97 bits per heavy atom. The Bertz CT molecular complexity index is 1080. The van der Waals surface area contributed by atoms with Crippen LogP contribution in [0.5, 0.6) is 5.75 Å². The van der Waals surface area contributed by atoms with Crippen LogP contribution in [0.3, 0.4) is 0 Å². The second-order valence-electron chi connectivity index (χ2n) is 7.32. The van der Waals surface area contributed by atoms with Crippen LogP contribution in [0.25, 0.3) is 5.69 Å². The van der Waals surface area contributed by atoms with Gasteiger partial charge in [0.25, 0.3) is 0 Å². The van der Waals surface area contributed by atoms with Gasteiger partial charge in [-0.3, -0.25) is 4.79 Å². The molecule has 0 aliphatic heterocycles. The van der Waals surface area contributed by atoms with E-state index in [1.54, 1.807) is 18.5 Å². The highest BCUT2D eigenvalue weighted by atomic mass is 32.2. The molecule has 3 aromatic rings. The molecule has 0 fully saturated rings. The van der Waals surface area contributed by atoms with Gasteiger partial charge in [-0.1, -0.05) is 11.8 Å². The molecular formula is C20H21F3N4O3S2. The molecule has 0 radical (unpaired) electrons. The molecule has 0 atom stereocenters. The van der Waals surface area contributed by atoms with Crippen LogP contribution in [0, 0.1) is 6.92 Å². The first kappa shape index (κ1) is 23.9. The van der Waals surface area contributed by atoms with Gasteiger partial charge in [0.1, 0.15) is 16.3 Å². The molecule has 7 nitrogen and oxygen atoms in total. The first-order valence-electron chi connectivity index (χ1n) is 9.46. The summed E-state index contributed by atoms with van der Waals surface area (Å²) < 4.78 is 42.3. The minimum absolute atomic E-state index is 0.303. The number of ether oxygens (including phenoxy) is 1. The van der Waals surface area contributed by atoms with E-state index in [0.717, 1.165) is 11.4 Å². The van der Waals surface area contributed by atoms with Crippen molar-refractivity contribution in [3.63, 3.8) is 0 Å². The number of aromatic nitrogens is 3. The van der Waals surface area contributed by atoms with Crippen LogP contribution >= 0.6 is 23.1 Å². The third kappa shape index (κ3) is 6.39. The van der Waals surface area contributed by atoms with Crippen LogP contribution in [-0.2, 0) is 11.2 Å². The monoisotopic (exact) mass is 486 g/mol. The van der Waals surface area contributed by atoms with Gasteiger partial charge >= 0.3 is 12.3 Å². The van der Waals surface area contributed by atoms with E-state index < -0.39 is 17.1 Å². The number of carboxylic acids is 1. The Morgan fingerprint density at radius 1 is 1.28 bits per heavy atom. The minimum Gasteiger partial charge on any atom is -0.480 e. The molecule has 32 heavy (non-hydrogen) atoms. The fourth-order valence-electron chi connectivity index (χ4n) is 2.64. The number of hydrogen-bond acceptors (Lipinski definition) is 7. The summed E-state index contributed by atoms with van der Waals surface area (Å²) in [6.45, 7) is 5.62. The Kier molecular flexibility index (Phi) is 7.03. The predicted octanol–water partition coefficient (Wildman–Crippen LogP) is 5.15. The van der Waals surface area contributed by atoms with Gasteiger partial charge in [0.05, 0.1) is 17.1 Å². The molecule has 0 aliphatic rings. The van der Waals surface area contributed by atoms with Crippen LogP contribution < -0.4 is 10.1 Å². The molecule has 0 spiro atoms. The largest absolute Gasteiger partial charge is 0.573 e. The number of carboxylic acid groups (broad SMARTS) is 1. The van der Waals surface area contributed by atoms with E-state index in [9.17, 15) is 23.1 Å². The van der Waals surface area contributed by atoms with Crippen molar-refractivity contribution in [3.8, 4) is 11.4 Å². The van der Waals surface area contributed by atoms with E-state index in [1.807, 2.05) is 18.4 Å². The molecule has 0 amide bonds. The van der Waals surface area contributed by atoms with Crippen molar-refractivity contribution in [2.24, 2.45) is 0 Å². The van der Waals surface area contributed by atoms with E-state index in [2.05, 4.69) is 20.1 Å². The topological polar surface area (TPSA) is 89.3 Å². The zero-order chi connectivity index (χ0) is 23.5. The fourth-order valence-corrected chi connectivity index (χ4v) is 4.87. The highest BCUT2D eigenvalue weighted by Crippen LogP contribution is 2.34. The zero-order valence-electron chi connectivity index (χ0n) is 17.4. The second-order valence-corrected chi connectivity index (χ2v) is 10.1. The molecule has 0 bridgehead atoms. The Morgan fingerprint density at radius 3 is 2.59 bits per heavy atom. The van der Waals surface area contributed by atoms with Gasteiger partial charge in [-0.15, -0.1) is 24.5 Å². The Balaban J connectivity index is 1.62. The number of halogens is 3. The molecule has 12 heteroatoms. The summed E-state index contributed by atoms with van der Waals surface area (Å²) >= 11 is 2.61. The average molecular weight is 487 g/mol. The van der Waals surface area contributed by atoms with E-state index in [0.29, 0.717) is 28.8 Å². The molecule has 1 aromatic carbocycles. The molecule has 2 N–H and O–H groups in total. The number of aryl methyl sites for hydroxylation is 1. The third-order valence-electron chi connectivity index (χ3n) is 4.22.